The minimum atomic E-state index is -1.23. The van der Waals surface area contributed by atoms with E-state index in [4.69, 9.17) is 15.9 Å². The lowest BCUT2D eigenvalue weighted by Gasteiger charge is -2.18. The SMILES string of the molecule is NC(CO)C(=O)NCC(=O)NC(Cc1cnc[nH]1)C(=O)NCC(=O)O. The number of aliphatic hydroxyl groups is 1. The predicted molar refractivity (Wildman–Crippen MR) is 82.9 cm³/mol. The van der Waals surface area contributed by atoms with Crippen molar-refractivity contribution in [3.8, 4) is 0 Å². The van der Waals surface area contributed by atoms with Crippen LogP contribution in [0.2, 0.25) is 0 Å². The van der Waals surface area contributed by atoms with E-state index in [0.29, 0.717) is 5.69 Å². The molecule has 25 heavy (non-hydrogen) atoms. The molecule has 0 aromatic carbocycles. The number of nitrogens with zero attached hydrogens (tertiary/aromatic N) is 1. The number of hydrogen-bond acceptors (Lipinski definition) is 7. The van der Waals surface area contributed by atoms with Crippen LogP contribution in [0.15, 0.2) is 12.5 Å². The minimum absolute atomic E-state index is 0.0429. The first kappa shape index (κ1) is 20.1. The molecule has 0 fully saturated rings. The van der Waals surface area contributed by atoms with E-state index < -0.39 is 55.5 Å². The highest BCUT2D eigenvalue weighted by Crippen LogP contribution is 1.99. The number of rotatable bonds is 10. The molecule has 1 aromatic heterocycles. The lowest BCUT2D eigenvalue weighted by atomic mass is 10.1. The number of carboxylic acids is 1. The van der Waals surface area contributed by atoms with E-state index in [1.807, 2.05) is 0 Å². The van der Waals surface area contributed by atoms with Crippen LogP contribution in [0.3, 0.4) is 0 Å². The van der Waals surface area contributed by atoms with Crippen LogP contribution < -0.4 is 21.7 Å². The van der Waals surface area contributed by atoms with Crippen molar-refractivity contribution >= 4 is 23.7 Å². The summed E-state index contributed by atoms with van der Waals surface area (Å²) in [5, 5.41) is 24.1. The van der Waals surface area contributed by atoms with E-state index in [9.17, 15) is 19.2 Å². The van der Waals surface area contributed by atoms with E-state index in [0.717, 1.165) is 0 Å². The number of aliphatic carboxylic acids is 1. The van der Waals surface area contributed by atoms with Crippen molar-refractivity contribution in [3.63, 3.8) is 0 Å². The zero-order valence-corrected chi connectivity index (χ0v) is 13.2. The van der Waals surface area contributed by atoms with Gasteiger partial charge >= 0.3 is 5.97 Å². The summed E-state index contributed by atoms with van der Waals surface area (Å²) in [6.07, 6.45) is 2.88. The van der Waals surface area contributed by atoms with Crippen molar-refractivity contribution in [2.75, 3.05) is 19.7 Å². The summed E-state index contributed by atoms with van der Waals surface area (Å²) in [6.45, 7) is -1.64. The molecule has 3 amide bonds. The third-order valence-corrected chi connectivity index (χ3v) is 3.00. The Morgan fingerprint density at radius 1 is 1.20 bits per heavy atom. The van der Waals surface area contributed by atoms with Crippen LogP contribution in [0.25, 0.3) is 0 Å². The van der Waals surface area contributed by atoms with Crippen LogP contribution in [-0.4, -0.2) is 75.7 Å². The van der Waals surface area contributed by atoms with Gasteiger partial charge in [0.2, 0.25) is 17.7 Å². The van der Waals surface area contributed by atoms with Crippen LogP contribution in [0.4, 0.5) is 0 Å². The van der Waals surface area contributed by atoms with Gasteiger partial charge < -0.3 is 36.9 Å². The highest BCUT2D eigenvalue weighted by molar-refractivity contribution is 5.92. The van der Waals surface area contributed by atoms with Gasteiger partial charge in [-0.05, 0) is 0 Å². The Morgan fingerprint density at radius 2 is 1.88 bits per heavy atom. The number of carboxylic acid groups (broad SMARTS) is 1. The van der Waals surface area contributed by atoms with Crippen LogP contribution in [0.1, 0.15) is 5.69 Å². The van der Waals surface area contributed by atoms with Crippen LogP contribution in [0, 0.1) is 0 Å². The first-order valence-corrected chi connectivity index (χ1v) is 7.23. The highest BCUT2D eigenvalue weighted by Gasteiger charge is 2.23. The Bertz CT molecular complexity index is 604. The summed E-state index contributed by atoms with van der Waals surface area (Å²) in [6, 6.07) is -2.23. The Hall–Kier alpha value is -2.99. The van der Waals surface area contributed by atoms with Crippen molar-refractivity contribution in [2.24, 2.45) is 5.73 Å². The van der Waals surface area contributed by atoms with Gasteiger partial charge in [-0.15, -0.1) is 0 Å². The van der Waals surface area contributed by atoms with Crippen molar-refractivity contribution in [1.29, 1.82) is 0 Å². The molecule has 0 saturated carbocycles. The Kier molecular flexibility index (Phi) is 8.02. The molecule has 1 rings (SSSR count). The fraction of sp³-hybridized carbons (Fsp3) is 0.462. The fourth-order valence-electron chi connectivity index (χ4n) is 1.74. The Morgan fingerprint density at radius 3 is 2.44 bits per heavy atom. The van der Waals surface area contributed by atoms with Gasteiger partial charge in [0, 0.05) is 18.3 Å². The largest absolute Gasteiger partial charge is 0.480 e. The third kappa shape index (κ3) is 7.41. The summed E-state index contributed by atoms with van der Waals surface area (Å²) in [5.74, 6) is -3.35. The second-order valence-electron chi connectivity index (χ2n) is 5.02. The number of aromatic amines is 1. The van der Waals surface area contributed by atoms with Gasteiger partial charge in [0.1, 0.15) is 18.6 Å². The van der Waals surface area contributed by atoms with Gasteiger partial charge in [0.15, 0.2) is 0 Å². The lowest BCUT2D eigenvalue weighted by Crippen LogP contribution is -2.52. The molecule has 0 spiro atoms. The zero-order valence-electron chi connectivity index (χ0n) is 13.2. The van der Waals surface area contributed by atoms with Gasteiger partial charge in [0.25, 0.3) is 0 Å². The number of imidazole rings is 1. The molecule has 0 aliphatic carbocycles. The standard InChI is InChI=1S/C13H20N6O6/c14-8(5-20)12(24)16-3-10(21)19-9(1-7-2-15-6-18-7)13(25)17-4-11(22)23/h2,6,8-9,20H,1,3-5,14H2,(H,15,18)(H,16,24)(H,17,25)(H,19,21)(H,22,23). The number of aliphatic hydroxyl groups excluding tert-OH is 1. The van der Waals surface area contributed by atoms with Crippen LogP contribution >= 0.6 is 0 Å². The molecule has 1 aromatic rings. The third-order valence-electron chi connectivity index (χ3n) is 3.00. The summed E-state index contributed by atoms with van der Waals surface area (Å²) in [4.78, 5) is 52.4. The number of nitrogens with two attached hydrogens (primary N) is 1. The molecule has 2 atom stereocenters. The molecule has 0 saturated heterocycles. The van der Waals surface area contributed by atoms with Gasteiger partial charge in [-0.2, -0.15) is 0 Å². The van der Waals surface area contributed by atoms with Crippen molar-refractivity contribution < 1.29 is 29.4 Å². The lowest BCUT2D eigenvalue weighted by molar-refractivity contribution is -0.138. The number of H-pyrrole nitrogens is 1. The van der Waals surface area contributed by atoms with E-state index in [2.05, 4.69) is 25.9 Å². The maximum absolute atomic E-state index is 12.0. The maximum Gasteiger partial charge on any atom is 0.322 e. The summed E-state index contributed by atoms with van der Waals surface area (Å²) in [7, 11) is 0. The quantitative estimate of drug-likeness (QED) is 0.220. The summed E-state index contributed by atoms with van der Waals surface area (Å²) >= 11 is 0. The number of carbonyl (C=O) groups is 4. The van der Waals surface area contributed by atoms with E-state index in [1.54, 1.807) is 0 Å². The number of nitrogens with one attached hydrogen (secondary N) is 4. The first-order valence-electron chi connectivity index (χ1n) is 7.23. The number of carbonyl (C=O) groups excluding carboxylic acids is 3. The van der Waals surface area contributed by atoms with Crippen LogP contribution in [-0.2, 0) is 25.6 Å². The van der Waals surface area contributed by atoms with E-state index in [-0.39, 0.29) is 6.42 Å². The van der Waals surface area contributed by atoms with Crippen molar-refractivity contribution in [3.05, 3.63) is 18.2 Å². The maximum atomic E-state index is 12.0. The smallest absolute Gasteiger partial charge is 0.322 e. The van der Waals surface area contributed by atoms with Gasteiger partial charge in [-0.25, -0.2) is 4.98 Å². The first-order chi connectivity index (χ1) is 11.8. The van der Waals surface area contributed by atoms with Gasteiger partial charge in [-0.1, -0.05) is 0 Å². The molecule has 0 aliphatic rings. The zero-order chi connectivity index (χ0) is 18.8. The molecule has 0 aliphatic heterocycles. The predicted octanol–water partition coefficient (Wildman–Crippen LogP) is -3.93. The molecule has 1 heterocycles. The Balaban J connectivity index is 2.62. The molecule has 12 heteroatoms. The normalized spacial score (nSPS) is 12.7. The molecule has 8 N–H and O–H groups in total. The fourth-order valence-corrected chi connectivity index (χ4v) is 1.74. The topological polar surface area (TPSA) is 200 Å². The van der Waals surface area contributed by atoms with Crippen molar-refractivity contribution in [2.45, 2.75) is 18.5 Å². The molecule has 2 unspecified atom stereocenters. The molecular formula is C13H20N6O6. The molecule has 12 nitrogen and oxygen atoms in total. The monoisotopic (exact) mass is 356 g/mol. The minimum Gasteiger partial charge on any atom is -0.480 e. The Labute approximate surface area is 142 Å². The van der Waals surface area contributed by atoms with Crippen LogP contribution in [0.5, 0.6) is 0 Å². The molecular weight excluding hydrogens is 336 g/mol. The molecule has 0 bridgehead atoms. The average molecular weight is 356 g/mol. The second kappa shape index (κ2) is 10.00. The number of aromatic nitrogens is 2. The highest BCUT2D eigenvalue weighted by atomic mass is 16.4. The average Bonchev–Trinajstić information content (AvgIpc) is 3.09. The number of amides is 3. The second-order valence-corrected chi connectivity index (χ2v) is 5.02. The van der Waals surface area contributed by atoms with Gasteiger partial charge in [-0.3, -0.25) is 19.2 Å². The summed E-state index contributed by atoms with van der Waals surface area (Å²) in [5.41, 5.74) is 5.83. The van der Waals surface area contributed by atoms with Crippen molar-refractivity contribution in [1.82, 2.24) is 25.9 Å². The molecule has 0 radical (unpaired) electrons. The van der Waals surface area contributed by atoms with E-state index in [1.165, 1.54) is 12.5 Å². The van der Waals surface area contributed by atoms with E-state index >= 15 is 0 Å². The number of hydrogen-bond donors (Lipinski definition) is 7. The molecule has 138 valence electrons. The summed E-state index contributed by atoms with van der Waals surface area (Å²) < 4.78 is 0. The van der Waals surface area contributed by atoms with Gasteiger partial charge in [0.05, 0.1) is 19.5 Å².